The molecule has 0 saturated heterocycles. The van der Waals surface area contributed by atoms with Gasteiger partial charge < -0.3 is 20.6 Å². The molecule has 0 bridgehead atoms. The Labute approximate surface area is 194 Å². The van der Waals surface area contributed by atoms with Gasteiger partial charge in [0, 0.05) is 46.8 Å². The zero-order chi connectivity index (χ0) is 24.0. The molecule has 2 aromatic carbocycles. The zero-order valence-corrected chi connectivity index (χ0v) is 18.6. The smallest absolute Gasteiger partial charge is 0.251 e. The molecule has 7 nitrogen and oxygen atoms in total. The molecule has 0 saturated carbocycles. The van der Waals surface area contributed by atoms with Crippen LogP contribution in [0.5, 0.6) is 0 Å². The number of carbonyl (C=O) groups is 1. The highest BCUT2D eigenvalue weighted by molar-refractivity contribution is 6.30. The van der Waals surface area contributed by atoms with Crippen LogP contribution in [0.4, 0.5) is 4.39 Å². The number of aliphatic hydroxyl groups is 1. The summed E-state index contributed by atoms with van der Waals surface area (Å²) in [4.78, 5) is 26.7. The summed E-state index contributed by atoms with van der Waals surface area (Å²) in [7, 11) is 0. The molecule has 3 rings (SSSR count). The van der Waals surface area contributed by atoms with E-state index in [4.69, 9.17) is 16.7 Å². The van der Waals surface area contributed by atoms with E-state index in [0.29, 0.717) is 27.8 Å². The van der Waals surface area contributed by atoms with E-state index in [1.165, 1.54) is 12.3 Å². The Balaban J connectivity index is 2.06. The van der Waals surface area contributed by atoms with Crippen molar-refractivity contribution in [2.45, 2.75) is 19.3 Å². The number of aromatic amines is 1. The number of rotatable bonds is 8. The number of halogens is 2. The second kappa shape index (κ2) is 10.9. The molecule has 33 heavy (non-hydrogen) atoms. The highest BCUT2D eigenvalue weighted by Gasteiger charge is 2.23. The molecular weight excluding hydrogens is 449 g/mol. The van der Waals surface area contributed by atoms with Gasteiger partial charge in [0.15, 0.2) is 0 Å². The SMILES string of the molecule is Cc1cc(/C(CC(c2cccc(C(=O)NCCO)c2)c2ccc(Cl)cc2F)=N/O)c[nH]c1=O. The van der Waals surface area contributed by atoms with E-state index >= 15 is 0 Å². The van der Waals surface area contributed by atoms with Gasteiger partial charge in [-0.15, -0.1) is 0 Å². The lowest BCUT2D eigenvalue weighted by Gasteiger charge is -2.20. The van der Waals surface area contributed by atoms with Crippen molar-refractivity contribution < 1.29 is 19.5 Å². The number of aliphatic hydroxyl groups excluding tert-OH is 1. The van der Waals surface area contributed by atoms with Crippen LogP contribution in [0.25, 0.3) is 0 Å². The summed E-state index contributed by atoms with van der Waals surface area (Å²) in [6, 6.07) is 12.5. The maximum Gasteiger partial charge on any atom is 0.251 e. The van der Waals surface area contributed by atoms with Crippen molar-refractivity contribution in [3.8, 4) is 0 Å². The quantitative estimate of drug-likeness (QED) is 0.228. The number of pyridine rings is 1. The summed E-state index contributed by atoms with van der Waals surface area (Å²) in [6.07, 6.45) is 1.50. The minimum absolute atomic E-state index is 0.0717. The highest BCUT2D eigenvalue weighted by Crippen LogP contribution is 2.33. The van der Waals surface area contributed by atoms with Crippen molar-refractivity contribution in [2.75, 3.05) is 13.2 Å². The number of hydrogen-bond acceptors (Lipinski definition) is 5. The Hall–Kier alpha value is -3.49. The summed E-state index contributed by atoms with van der Waals surface area (Å²) in [5, 5.41) is 24.9. The van der Waals surface area contributed by atoms with Crippen molar-refractivity contribution in [3.63, 3.8) is 0 Å². The predicted molar refractivity (Wildman–Crippen MR) is 124 cm³/mol. The fourth-order valence-corrected chi connectivity index (χ4v) is 3.69. The Kier molecular flexibility index (Phi) is 7.97. The van der Waals surface area contributed by atoms with E-state index in [0.717, 1.165) is 0 Å². The summed E-state index contributed by atoms with van der Waals surface area (Å²) in [5.74, 6) is -1.56. The van der Waals surface area contributed by atoms with E-state index in [-0.39, 0.29) is 41.8 Å². The maximum absolute atomic E-state index is 14.9. The number of H-pyrrole nitrogens is 1. The van der Waals surface area contributed by atoms with Crippen LogP contribution in [0.15, 0.2) is 64.7 Å². The van der Waals surface area contributed by atoms with Gasteiger partial charge in [-0.1, -0.05) is 35.0 Å². The van der Waals surface area contributed by atoms with Gasteiger partial charge in [-0.2, -0.15) is 0 Å². The molecule has 1 unspecified atom stereocenters. The third kappa shape index (κ3) is 5.85. The van der Waals surface area contributed by atoms with E-state index in [9.17, 15) is 19.2 Å². The number of aromatic nitrogens is 1. The fourth-order valence-electron chi connectivity index (χ4n) is 3.53. The average Bonchev–Trinajstić information content (AvgIpc) is 2.81. The molecule has 172 valence electrons. The molecule has 0 aliphatic rings. The average molecular weight is 472 g/mol. The number of amides is 1. The summed E-state index contributed by atoms with van der Waals surface area (Å²) < 4.78 is 14.9. The first-order chi connectivity index (χ1) is 15.8. The van der Waals surface area contributed by atoms with Gasteiger partial charge in [-0.05, 0) is 48.4 Å². The van der Waals surface area contributed by atoms with E-state index in [2.05, 4.69) is 15.5 Å². The molecule has 1 amide bonds. The van der Waals surface area contributed by atoms with Gasteiger partial charge in [0.25, 0.3) is 11.5 Å². The Bertz CT molecular complexity index is 1240. The standard InChI is InChI=1S/C24H23ClFN3O4/c1-14-9-17(13-28-23(14)31)22(29-33)12-20(19-6-5-18(25)11-21(19)26)15-3-2-4-16(10-15)24(32)27-7-8-30/h2-6,9-11,13,20,30,33H,7-8,12H2,1H3,(H,27,32)(H,28,31)/b29-22+. The van der Waals surface area contributed by atoms with Crippen molar-refractivity contribution >= 4 is 23.2 Å². The van der Waals surface area contributed by atoms with Crippen LogP contribution in [0.3, 0.4) is 0 Å². The number of carbonyl (C=O) groups excluding carboxylic acids is 1. The molecule has 1 heterocycles. The largest absolute Gasteiger partial charge is 0.411 e. The first-order valence-corrected chi connectivity index (χ1v) is 10.6. The van der Waals surface area contributed by atoms with Crippen molar-refractivity contribution in [1.82, 2.24) is 10.3 Å². The van der Waals surface area contributed by atoms with Crippen LogP contribution in [0.2, 0.25) is 5.02 Å². The minimum Gasteiger partial charge on any atom is -0.411 e. The third-order valence-electron chi connectivity index (χ3n) is 5.23. The molecule has 0 aliphatic carbocycles. The molecule has 0 aliphatic heterocycles. The van der Waals surface area contributed by atoms with Gasteiger partial charge in [-0.3, -0.25) is 9.59 Å². The Morgan fingerprint density at radius 1 is 1.21 bits per heavy atom. The number of hydrogen-bond donors (Lipinski definition) is 4. The molecule has 0 spiro atoms. The lowest BCUT2D eigenvalue weighted by atomic mass is 9.84. The Morgan fingerprint density at radius 3 is 2.67 bits per heavy atom. The first kappa shape index (κ1) is 24.2. The maximum atomic E-state index is 14.9. The third-order valence-corrected chi connectivity index (χ3v) is 5.46. The van der Waals surface area contributed by atoms with Crippen LogP contribution in [-0.4, -0.2) is 40.1 Å². The fraction of sp³-hybridized carbons (Fsp3) is 0.208. The Morgan fingerprint density at radius 2 is 2.00 bits per heavy atom. The van der Waals surface area contributed by atoms with Crippen molar-refractivity contribution in [2.24, 2.45) is 5.16 Å². The molecule has 0 radical (unpaired) electrons. The number of oxime groups is 1. The predicted octanol–water partition coefficient (Wildman–Crippen LogP) is 3.60. The highest BCUT2D eigenvalue weighted by atomic mass is 35.5. The monoisotopic (exact) mass is 471 g/mol. The first-order valence-electron chi connectivity index (χ1n) is 10.2. The van der Waals surface area contributed by atoms with E-state index in [1.807, 2.05) is 0 Å². The summed E-state index contributed by atoms with van der Waals surface area (Å²) in [6.45, 7) is 1.53. The lowest BCUT2D eigenvalue weighted by molar-refractivity contribution is 0.0944. The number of aryl methyl sites for hydroxylation is 1. The van der Waals surface area contributed by atoms with E-state index < -0.39 is 11.7 Å². The van der Waals surface area contributed by atoms with Crippen LogP contribution in [0, 0.1) is 12.7 Å². The van der Waals surface area contributed by atoms with Crippen LogP contribution in [-0.2, 0) is 0 Å². The molecule has 9 heteroatoms. The van der Waals surface area contributed by atoms with Crippen LogP contribution in [0.1, 0.15) is 45.0 Å². The van der Waals surface area contributed by atoms with E-state index in [1.54, 1.807) is 49.4 Å². The normalized spacial score (nSPS) is 12.4. The van der Waals surface area contributed by atoms with Gasteiger partial charge in [0.05, 0.1) is 12.3 Å². The zero-order valence-electron chi connectivity index (χ0n) is 17.8. The lowest BCUT2D eigenvalue weighted by Crippen LogP contribution is -2.26. The van der Waals surface area contributed by atoms with Gasteiger partial charge in [0.1, 0.15) is 5.82 Å². The number of nitrogens with one attached hydrogen (secondary N) is 2. The molecule has 0 fully saturated rings. The van der Waals surface area contributed by atoms with Crippen molar-refractivity contribution in [3.05, 3.63) is 104 Å². The number of nitrogens with zero attached hydrogens (tertiary/aromatic N) is 1. The molecule has 3 aromatic rings. The topological polar surface area (TPSA) is 115 Å². The molecule has 1 aromatic heterocycles. The molecule has 4 N–H and O–H groups in total. The second-order valence-corrected chi connectivity index (χ2v) is 7.91. The molecular formula is C24H23ClFN3O4. The molecule has 1 atom stereocenters. The van der Waals surface area contributed by atoms with Gasteiger partial charge in [0.2, 0.25) is 0 Å². The number of benzene rings is 2. The van der Waals surface area contributed by atoms with Crippen molar-refractivity contribution in [1.29, 1.82) is 0 Å². The van der Waals surface area contributed by atoms with Gasteiger partial charge >= 0.3 is 0 Å². The van der Waals surface area contributed by atoms with Crippen LogP contribution < -0.4 is 10.9 Å². The summed E-state index contributed by atoms with van der Waals surface area (Å²) >= 11 is 5.93. The summed E-state index contributed by atoms with van der Waals surface area (Å²) in [5.41, 5.74) is 2.12. The van der Waals surface area contributed by atoms with Gasteiger partial charge in [-0.25, -0.2) is 4.39 Å². The van der Waals surface area contributed by atoms with Crippen LogP contribution >= 0.6 is 11.6 Å². The minimum atomic E-state index is -0.633. The second-order valence-electron chi connectivity index (χ2n) is 7.47.